The first-order chi connectivity index (χ1) is 12.0. The lowest BCUT2D eigenvalue weighted by molar-refractivity contribution is 0.332. The molecular formula is C20H37N5. The predicted molar refractivity (Wildman–Crippen MR) is 106 cm³/mol. The van der Waals surface area contributed by atoms with Crippen LogP contribution in [0.1, 0.15) is 68.8 Å². The van der Waals surface area contributed by atoms with Gasteiger partial charge in [-0.15, -0.1) is 0 Å². The molecule has 0 aliphatic heterocycles. The van der Waals surface area contributed by atoms with Crippen molar-refractivity contribution >= 4 is 5.96 Å². The van der Waals surface area contributed by atoms with E-state index in [4.69, 9.17) is 0 Å². The monoisotopic (exact) mass is 347 g/mol. The van der Waals surface area contributed by atoms with Crippen LogP contribution in [0, 0.1) is 19.8 Å². The molecule has 1 aromatic rings. The second kappa shape index (κ2) is 9.83. The standard InChI is InChI=1S/C20H37N5/c1-15(14-19-16(2)24-25(5)17(19)3)23-20(21-4)22-13-9-12-18-10-7-6-8-11-18/h15,18H,6-14H2,1-5H3,(H2,21,22,23). The molecule has 1 heterocycles. The van der Waals surface area contributed by atoms with Gasteiger partial charge in [0.2, 0.25) is 0 Å². The molecule has 0 saturated heterocycles. The summed E-state index contributed by atoms with van der Waals surface area (Å²) in [4.78, 5) is 4.38. The highest BCUT2D eigenvalue weighted by atomic mass is 15.3. The molecule has 142 valence electrons. The summed E-state index contributed by atoms with van der Waals surface area (Å²) < 4.78 is 1.97. The second-order valence-corrected chi connectivity index (χ2v) is 7.67. The van der Waals surface area contributed by atoms with Crippen molar-refractivity contribution in [2.45, 2.75) is 78.2 Å². The minimum absolute atomic E-state index is 0.325. The van der Waals surface area contributed by atoms with Gasteiger partial charge >= 0.3 is 0 Å². The molecule has 0 radical (unpaired) electrons. The zero-order chi connectivity index (χ0) is 18.2. The fourth-order valence-corrected chi connectivity index (χ4v) is 3.97. The Hall–Kier alpha value is -1.52. The van der Waals surface area contributed by atoms with Gasteiger partial charge < -0.3 is 10.6 Å². The lowest BCUT2D eigenvalue weighted by Gasteiger charge is -2.22. The zero-order valence-electron chi connectivity index (χ0n) is 16.9. The van der Waals surface area contributed by atoms with Crippen molar-refractivity contribution in [3.05, 3.63) is 17.0 Å². The third-order valence-electron chi connectivity index (χ3n) is 5.58. The Morgan fingerprint density at radius 1 is 1.28 bits per heavy atom. The first-order valence-corrected chi connectivity index (χ1v) is 9.97. The molecule has 0 aromatic carbocycles. The van der Waals surface area contributed by atoms with Crippen LogP contribution in [0.25, 0.3) is 0 Å². The second-order valence-electron chi connectivity index (χ2n) is 7.67. The van der Waals surface area contributed by atoms with Gasteiger partial charge in [0.15, 0.2) is 5.96 Å². The molecule has 1 unspecified atom stereocenters. The van der Waals surface area contributed by atoms with Gasteiger partial charge in [0.1, 0.15) is 0 Å². The summed E-state index contributed by atoms with van der Waals surface area (Å²) in [5.41, 5.74) is 3.72. The quantitative estimate of drug-likeness (QED) is 0.451. The molecule has 5 nitrogen and oxygen atoms in total. The highest BCUT2D eigenvalue weighted by molar-refractivity contribution is 5.79. The van der Waals surface area contributed by atoms with Crippen LogP contribution >= 0.6 is 0 Å². The number of nitrogens with zero attached hydrogens (tertiary/aromatic N) is 3. The fraction of sp³-hybridized carbons (Fsp3) is 0.800. The van der Waals surface area contributed by atoms with E-state index in [0.29, 0.717) is 6.04 Å². The van der Waals surface area contributed by atoms with E-state index in [1.807, 2.05) is 18.8 Å². The number of hydrogen-bond donors (Lipinski definition) is 2. The number of aryl methyl sites for hydroxylation is 2. The summed E-state index contributed by atoms with van der Waals surface area (Å²) in [7, 11) is 3.86. The van der Waals surface area contributed by atoms with E-state index in [1.54, 1.807) is 0 Å². The summed E-state index contributed by atoms with van der Waals surface area (Å²) in [6, 6.07) is 0.325. The number of nitrogens with one attached hydrogen (secondary N) is 2. The van der Waals surface area contributed by atoms with Crippen molar-refractivity contribution < 1.29 is 0 Å². The topological polar surface area (TPSA) is 54.2 Å². The van der Waals surface area contributed by atoms with Crippen molar-refractivity contribution in [2.24, 2.45) is 18.0 Å². The molecule has 1 saturated carbocycles. The Balaban J connectivity index is 1.71. The van der Waals surface area contributed by atoms with Crippen LogP contribution in [0.15, 0.2) is 4.99 Å². The van der Waals surface area contributed by atoms with Gasteiger partial charge in [-0.3, -0.25) is 9.67 Å². The number of rotatable bonds is 7. The summed E-state index contributed by atoms with van der Waals surface area (Å²) in [6.07, 6.45) is 10.8. The van der Waals surface area contributed by atoms with Crippen LogP contribution in [0.2, 0.25) is 0 Å². The lowest BCUT2D eigenvalue weighted by Crippen LogP contribution is -2.43. The molecule has 1 aliphatic rings. The third kappa shape index (κ3) is 6.05. The van der Waals surface area contributed by atoms with E-state index in [2.05, 4.69) is 41.5 Å². The fourth-order valence-electron chi connectivity index (χ4n) is 3.97. The van der Waals surface area contributed by atoms with Gasteiger partial charge in [-0.05, 0) is 51.5 Å². The zero-order valence-corrected chi connectivity index (χ0v) is 16.9. The van der Waals surface area contributed by atoms with E-state index >= 15 is 0 Å². The Labute approximate surface area is 153 Å². The summed E-state index contributed by atoms with van der Waals surface area (Å²) in [5.74, 6) is 1.87. The molecule has 1 atom stereocenters. The van der Waals surface area contributed by atoms with Crippen LogP contribution in [0.4, 0.5) is 0 Å². The van der Waals surface area contributed by atoms with Crippen molar-refractivity contribution in [2.75, 3.05) is 13.6 Å². The van der Waals surface area contributed by atoms with Crippen LogP contribution in [-0.2, 0) is 13.5 Å². The summed E-state index contributed by atoms with van der Waals surface area (Å²) >= 11 is 0. The van der Waals surface area contributed by atoms with Crippen LogP contribution in [0.5, 0.6) is 0 Å². The van der Waals surface area contributed by atoms with Gasteiger partial charge in [0.25, 0.3) is 0 Å². The maximum atomic E-state index is 4.51. The average Bonchev–Trinajstić information content (AvgIpc) is 2.84. The largest absolute Gasteiger partial charge is 0.356 e. The van der Waals surface area contributed by atoms with E-state index in [9.17, 15) is 0 Å². The first-order valence-electron chi connectivity index (χ1n) is 9.97. The Morgan fingerprint density at radius 3 is 2.60 bits per heavy atom. The van der Waals surface area contributed by atoms with E-state index in [0.717, 1.165) is 30.5 Å². The lowest BCUT2D eigenvalue weighted by atomic mass is 9.86. The Bertz CT molecular complexity index is 555. The van der Waals surface area contributed by atoms with Gasteiger partial charge in [-0.25, -0.2) is 0 Å². The smallest absolute Gasteiger partial charge is 0.191 e. The predicted octanol–water partition coefficient (Wildman–Crippen LogP) is 3.49. The maximum Gasteiger partial charge on any atom is 0.191 e. The summed E-state index contributed by atoms with van der Waals surface area (Å²) in [5, 5.41) is 11.5. The maximum absolute atomic E-state index is 4.51. The van der Waals surface area contributed by atoms with Crippen molar-refractivity contribution in [3.63, 3.8) is 0 Å². The van der Waals surface area contributed by atoms with E-state index in [-0.39, 0.29) is 0 Å². The molecule has 1 fully saturated rings. The molecular weight excluding hydrogens is 310 g/mol. The Morgan fingerprint density at radius 2 is 2.00 bits per heavy atom. The third-order valence-corrected chi connectivity index (χ3v) is 5.58. The summed E-state index contributed by atoms with van der Waals surface area (Å²) in [6.45, 7) is 7.45. The SMILES string of the molecule is CN=C(NCCCC1CCCCC1)NC(C)Cc1c(C)nn(C)c1C. The Kier molecular flexibility index (Phi) is 7.79. The number of guanidine groups is 1. The molecule has 0 bridgehead atoms. The molecule has 1 aromatic heterocycles. The van der Waals surface area contributed by atoms with Gasteiger partial charge in [-0.2, -0.15) is 5.10 Å². The van der Waals surface area contributed by atoms with E-state index in [1.165, 1.54) is 56.2 Å². The molecule has 1 aliphatic carbocycles. The van der Waals surface area contributed by atoms with Crippen molar-refractivity contribution in [1.82, 2.24) is 20.4 Å². The van der Waals surface area contributed by atoms with Crippen molar-refractivity contribution in [1.29, 1.82) is 0 Å². The molecule has 0 amide bonds. The van der Waals surface area contributed by atoms with Gasteiger partial charge in [-0.1, -0.05) is 32.1 Å². The molecule has 25 heavy (non-hydrogen) atoms. The highest BCUT2D eigenvalue weighted by Gasteiger charge is 2.15. The van der Waals surface area contributed by atoms with Crippen molar-refractivity contribution in [3.8, 4) is 0 Å². The number of aromatic nitrogens is 2. The molecule has 2 rings (SSSR count). The molecule has 5 heteroatoms. The minimum atomic E-state index is 0.325. The highest BCUT2D eigenvalue weighted by Crippen LogP contribution is 2.26. The normalized spacial score (nSPS) is 17.6. The van der Waals surface area contributed by atoms with Gasteiger partial charge in [0.05, 0.1) is 5.69 Å². The van der Waals surface area contributed by atoms with Crippen LogP contribution in [-0.4, -0.2) is 35.4 Å². The van der Waals surface area contributed by atoms with Gasteiger partial charge in [0, 0.05) is 32.4 Å². The first kappa shape index (κ1) is 19.8. The average molecular weight is 348 g/mol. The van der Waals surface area contributed by atoms with Crippen LogP contribution in [0.3, 0.4) is 0 Å². The molecule has 2 N–H and O–H groups in total. The minimum Gasteiger partial charge on any atom is -0.356 e. The molecule has 0 spiro atoms. The number of hydrogen-bond acceptors (Lipinski definition) is 2. The van der Waals surface area contributed by atoms with Crippen LogP contribution < -0.4 is 10.6 Å². The van der Waals surface area contributed by atoms with E-state index < -0.39 is 0 Å². The number of aliphatic imine (C=N–C) groups is 1.